The smallest absolute Gasteiger partial charge is 0.0158 e. The van der Waals surface area contributed by atoms with Crippen LogP contribution in [0.1, 0.15) is 63.9 Å². The Morgan fingerprint density at radius 3 is 1.38 bits per heavy atom. The van der Waals surface area contributed by atoms with Gasteiger partial charge in [0.15, 0.2) is 0 Å². The molecule has 0 bridgehead atoms. The molecule has 0 N–H and O–H groups in total. The van der Waals surface area contributed by atoms with Gasteiger partial charge in [-0.05, 0) is 179 Å². The fraction of sp³-hybridized carbons (Fsp3) is 0.0968. The standard InChI is InChI=1S/C18H12.C17H12.C16H16.C13H12.2C11H10.C7H8/c1-2-12-6-7-15-9-8-13-4-3-5-14-10-11-16(12)18(15)17(13)14;1-11-9-10-16-14-6-3-2-5-13(14)15-8-4-7-12(11)17(15)16;1-11-8-9-13-12-6-4-5-7-14(12)16(2,3)15(13)10-11;1-11-7-9-13(10-8-11)12-5-3-2-4-6-12;1-9-5-4-7-10-6-2-3-8-11(9)10;1-9-6-7-10-4-2-3-5-11(10)8-9;1-7-5-3-2-4-6-7/h2-11H,1H2;2-10H,1H3;4-10H,1-3H3;2-10H,1H3;2*2-8H,1H3;2-6H,1H3. The molecule has 0 aliphatic heterocycles. The van der Waals surface area contributed by atoms with Crippen molar-refractivity contribution < 1.29 is 0 Å². The number of rotatable bonds is 2. The SMILES string of the molecule is C=Cc1ccc2ccc3cccc4ccc1c2c34.Cc1ccc(-c2ccccc2)cc1.Cc1ccc2c(c1)C(C)(C)c1ccccc1-2.Cc1ccc2c3c(cccc13)-c1ccccc1-2.Cc1ccc2ccccc2c1.Cc1cccc2ccccc12.Cc1ccccc1. The molecule has 452 valence electrons. The molecule has 2 aliphatic carbocycles. The number of hydrogen-bond donors (Lipinski definition) is 0. The van der Waals surface area contributed by atoms with Crippen molar-refractivity contribution in [2.45, 2.75) is 60.8 Å². The lowest BCUT2D eigenvalue weighted by Gasteiger charge is -2.21. The second-order valence-corrected chi connectivity index (χ2v) is 25.2. The first-order valence-corrected chi connectivity index (χ1v) is 32.5. The second-order valence-electron chi connectivity index (χ2n) is 25.2. The molecule has 0 radical (unpaired) electrons. The molecular formula is C93H80. The van der Waals surface area contributed by atoms with E-state index in [4.69, 9.17) is 0 Å². The molecule has 0 unspecified atom stereocenters. The maximum absolute atomic E-state index is 3.91. The molecule has 0 heterocycles. The van der Waals surface area contributed by atoms with E-state index in [1.54, 1.807) is 0 Å². The van der Waals surface area contributed by atoms with Crippen molar-refractivity contribution in [1.29, 1.82) is 0 Å². The van der Waals surface area contributed by atoms with Crippen molar-refractivity contribution in [3.8, 4) is 44.5 Å². The second kappa shape index (κ2) is 28.1. The monoisotopic (exact) mass is 1200 g/mol. The summed E-state index contributed by atoms with van der Waals surface area (Å²) < 4.78 is 0. The highest BCUT2D eigenvalue weighted by atomic mass is 14.4. The van der Waals surface area contributed by atoms with Crippen molar-refractivity contribution in [2.75, 3.05) is 0 Å². The Hall–Kier alpha value is -10.9. The van der Waals surface area contributed by atoms with Crippen molar-refractivity contribution >= 4 is 70.7 Å². The van der Waals surface area contributed by atoms with Crippen LogP contribution in [0.5, 0.6) is 0 Å². The highest BCUT2D eigenvalue weighted by Gasteiger charge is 2.34. The van der Waals surface area contributed by atoms with E-state index < -0.39 is 0 Å². The summed E-state index contributed by atoms with van der Waals surface area (Å²) in [4.78, 5) is 0. The average molecular weight is 1200 g/mol. The minimum Gasteiger partial charge on any atom is -0.0984 e. The zero-order chi connectivity index (χ0) is 64.4. The highest BCUT2D eigenvalue weighted by Crippen LogP contribution is 2.49. The molecular weight excluding hydrogens is 1120 g/mol. The molecule has 0 nitrogen and oxygen atoms in total. The van der Waals surface area contributed by atoms with Crippen molar-refractivity contribution in [3.05, 3.63) is 378 Å². The van der Waals surface area contributed by atoms with Crippen LogP contribution >= 0.6 is 0 Å². The van der Waals surface area contributed by atoms with Gasteiger partial charge in [0.2, 0.25) is 0 Å². The number of fused-ring (bicyclic) bond motifs is 8. The Labute approximate surface area is 550 Å². The van der Waals surface area contributed by atoms with Gasteiger partial charge in [0.25, 0.3) is 0 Å². The van der Waals surface area contributed by atoms with Crippen LogP contribution in [0.2, 0.25) is 0 Å². The third-order valence-corrected chi connectivity index (χ3v) is 18.3. The van der Waals surface area contributed by atoms with Gasteiger partial charge in [-0.3, -0.25) is 0 Å². The molecule has 16 aromatic carbocycles. The molecule has 16 aromatic rings. The van der Waals surface area contributed by atoms with Gasteiger partial charge in [-0.25, -0.2) is 0 Å². The quantitative estimate of drug-likeness (QED) is 0.151. The van der Waals surface area contributed by atoms with E-state index in [9.17, 15) is 0 Å². The molecule has 2 aliphatic rings. The van der Waals surface area contributed by atoms with Crippen LogP contribution in [0, 0.1) is 41.5 Å². The number of aryl methyl sites for hydroxylation is 6. The van der Waals surface area contributed by atoms with E-state index in [0.29, 0.717) is 0 Å². The van der Waals surface area contributed by atoms with Crippen LogP contribution in [0.25, 0.3) is 115 Å². The van der Waals surface area contributed by atoms with E-state index >= 15 is 0 Å². The van der Waals surface area contributed by atoms with Crippen LogP contribution in [-0.2, 0) is 5.41 Å². The molecule has 0 saturated carbocycles. The molecule has 0 amide bonds. The van der Waals surface area contributed by atoms with E-state index in [1.807, 2.05) is 30.3 Å². The normalized spacial score (nSPS) is 11.6. The van der Waals surface area contributed by atoms with Gasteiger partial charge < -0.3 is 0 Å². The minimum atomic E-state index is 0.151. The van der Waals surface area contributed by atoms with Gasteiger partial charge in [-0.2, -0.15) is 0 Å². The summed E-state index contributed by atoms with van der Waals surface area (Å²) in [6, 6.07) is 114. The summed E-state index contributed by atoms with van der Waals surface area (Å²) in [5.74, 6) is 0. The Morgan fingerprint density at radius 1 is 0.247 bits per heavy atom. The first-order valence-electron chi connectivity index (χ1n) is 32.5. The van der Waals surface area contributed by atoms with Crippen LogP contribution in [-0.4, -0.2) is 0 Å². The third kappa shape index (κ3) is 13.6. The van der Waals surface area contributed by atoms with E-state index in [-0.39, 0.29) is 5.41 Å². The van der Waals surface area contributed by atoms with Crippen molar-refractivity contribution in [1.82, 2.24) is 0 Å². The van der Waals surface area contributed by atoms with Crippen LogP contribution in [0.4, 0.5) is 0 Å². The van der Waals surface area contributed by atoms with Gasteiger partial charge in [-0.15, -0.1) is 0 Å². The van der Waals surface area contributed by atoms with Gasteiger partial charge in [0.1, 0.15) is 0 Å². The Kier molecular flexibility index (Phi) is 18.8. The van der Waals surface area contributed by atoms with Crippen LogP contribution in [0.15, 0.2) is 328 Å². The lowest BCUT2D eigenvalue weighted by atomic mass is 9.82. The summed E-state index contributed by atoms with van der Waals surface area (Å²) in [5, 5.41) is 16.1. The van der Waals surface area contributed by atoms with Gasteiger partial charge in [0, 0.05) is 5.41 Å². The summed E-state index contributed by atoms with van der Waals surface area (Å²) in [7, 11) is 0. The third-order valence-electron chi connectivity index (χ3n) is 18.3. The van der Waals surface area contributed by atoms with E-state index in [0.717, 1.165) is 0 Å². The van der Waals surface area contributed by atoms with Gasteiger partial charge >= 0.3 is 0 Å². The highest BCUT2D eigenvalue weighted by molar-refractivity contribution is 6.24. The zero-order valence-electron chi connectivity index (χ0n) is 54.9. The Balaban J connectivity index is 0.000000106. The molecule has 0 saturated heterocycles. The molecule has 0 atom stereocenters. The molecule has 0 heteroatoms. The van der Waals surface area contributed by atoms with Crippen molar-refractivity contribution in [3.63, 3.8) is 0 Å². The maximum Gasteiger partial charge on any atom is 0.0158 e. The number of benzene rings is 16. The van der Waals surface area contributed by atoms with E-state index in [1.165, 1.54) is 159 Å². The number of hydrogen-bond acceptors (Lipinski definition) is 0. The van der Waals surface area contributed by atoms with Crippen LogP contribution in [0.3, 0.4) is 0 Å². The average Bonchev–Trinajstić information content (AvgIpc) is 1.74. The maximum atomic E-state index is 3.91. The fourth-order valence-corrected chi connectivity index (χ4v) is 13.3. The molecule has 93 heavy (non-hydrogen) atoms. The Bertz CT molecular complexity index is 5180. The fourth-order valence-electron chi connectivity index (χ4n) is 13.3. The van der Waals surface area contributed by atoms with Gasteiger partial charge in [-0.1, -0.05) is 370 Å². The van der Waals surface area contributed by atoms with Crippen molar-refractivity contribution in [2.24, 2.45) is 0 Å². The molecule has 0 fully saturated rings. The zero-order valence-corrected chi connectivity index (χ0v) is 54.9. The predicted octanol–water partition coefficient (Wildman–Crippen LogP) is 26.3. The van der Waals surface area contributed by atoms with Crippen LogP contribution < -0.4 is 0 Å². The molecule has 0 spiro atoms. The predicted molar refractivity (Wildman–Crippen MR) is 407 cm³/mol. The summed E-state index contributed by atoms with van der Waals surface area (Å²) in [6.45, 7) is 21.3. The first-order chi connectivity index (χ1) is 45.3. The largest absolute Gasteiger partial charge is 0.0984 e. The summed E-state index contributed by atoms with van der Waals surface area (Å²) >= 11 is 0. The van der Waals surface area contributed by atoms with E-state index in [2.05, 4.69) is 359 Å². The molecule has 0 aromatic heterocycles. The lowest BCUT2D eigenvalue weighted by molar-refractivity contribution is 0.660. The molecule has 18 rings (SSSR count). The lowest BCUT2D eigenvalue weighted by Crippen LogP contribution is -2.14. The minimum absolute atomic E-state index is 0.151. The first kappa shape index (κ1) is 62.3. The van der Waals surface area contributed by atoms with Gasteiger partial charge in [0.05, 0.1) is 0 Å². The summed E-state index contributed by atoms with van der Waals surface area (Å²) in [5.41, 5.74) is 23.2. The topological polar surface area (TPSA) is 0 Å². The Morgan fingerprint density at radius 2 is 0.688 bits per heavy atom. The summed E-state index contributed by atoms with van der Waals surface area (Å²) in [6.07, 6.45) is 1.94.